The molecular formula is C14H25NO. The molecule has 0 aromatic heterocycles. The fourth-order valence-corrected chi connectivity index (χ4v) is 3.58. The molecule has 0 amide bonds. The first-order valence-corrected chi connectivity index (χ1v) is 7.28. The molecule has 2 atom stereocenters. The van der Waals surface area contributed by atoms with Crippen LogP contribution >= 0.6 is 0 Å². The van der Waals surface area contributed by atoms with E-state index in [1.54, 1.807) is 0 Å². The lowest BCUT2D eigenvalue weighted by molar-refractivity contribution is -0.0885. The second kappa shape index (κ2) is 5.05. The van der Waals surface area contributed by atoms with Crippen LogP contribution in [-0.4, -0.2) is 25.3 Å². The van der Waals surface area contributed by atoms with Crippen molar-refractivity contribution >= 4 is 0 Å². The van der Waals surface area contributed by atoms with Crippen LogP contribution in [0.15, 0.2) is 0 Å². The molecule has 1 heterocycles. The van der Waals surface area contributed by atoms with Gasteiger partial charge in [-0.25, -0.2) is 0 Å². The Morgan fingerprint density at radius 3 is 2.44 bits per heavy atom. The smallest absolute Gasteiger partial charge is 0.0731 e. The van der Waals surface area contributed by atoms with E-state index in [2.05, 4.69) is 5.32 Å². The van der Waals surface area contributed by atoms with E-state index >= 15 is 0 Å². The Morgan fingerprint density at radius 2 is 1.75 bits per heavy atom. The summed E-state index contributed by atoms with van der Waals surface area (Å²) in [6.07, 6.45) is 12.4. The molecule has 2 aliphatic carbocycles. The third-order valence-corrected chi connectivity index (χ3v) is 4.83. The second-order valence-corrected chi connectivity index (χ2v) is 6.03. The van der Waals surface area contributed by atoms with Gasteiger partial charge in [0.25, 0.3) is 0 Å². The maximum Gasteiger partial charge on any atom is 0.0731 e. The minimum atomic E-state index is 0.516. The van der Waals surface area contributed by atoms with Crippen molar-refractivity contribution in [2.45, 2.75) is 63.6 Å². The summed E-state index contributed by atoms with van der Waals surface area (Å²) in [4.78, 5) is 0. The van der Waals surface area contributed by atoms with Crippen molar-refractivity contribution in [2.24, 2.45) is 11.8 Å². The molecule has 1 saturated heterocycles. The fourth-order valence-electron chi connectivity index (χ4n) is 3.58. The summed E-state index contributed by atoms with van der Waals surface area (Å²) < 4.78 is 6.29. The molecule has 16 heavy (non-hydrogen) atoms. The molecule has 3 fully saturated rings. The molecule has 2 saturated carbocycles. The summed E-state index contributed by atoms with van der Waals surface area (Å²) in [6, 6.07) is 0. The summed E-state index contributed by atoms with van der Waals surface area (Å²) in [6.45, 7) is 2.20. The molecule has 2 unspecified atom stereocenters. The fraction of sp³-hybridized carbons (Fsp3) is 1.00. The highest BCUT2D eigenvalue weighted by atomic mass is 16.5. The molecule has 0 aromatic carbocycles. The predicted octanol–water partition coefficient (Wildman–Crippen LogP) is 2.72. The molecule has 2 heteroatoms. The van der Waals surface area contributed by atoms with E-state index in [-0.39, 0.29) is 0 Å². The molecule has 3 rings (SSSR count). The Kier molecular flexibility index (Phi) is 3.49. The number of hydrogen-bond acceptors (Lipinski definition) is 2. The molecule has 0 aromatic rings. The SMILES string of the molecule is C1CCC(CC2CNCC(C3CCC3)O2)C1. The zero-order valence-corrected chi connectivity index (χ0v) is 10.3. The quantitative estimate of drug-likeness (QED) is 0.794. The van der Waals surface area contributed by atoms with Gasteiger partial charge in [-0.1, -0.05) is 32.1 Å². The van der Waals surface area contributed by atoms with E-state index in [9.17, 15) is 0 Å². The minimum Gasteiger partial charge on any atom is -0.372 e. The Balaban J connectivity index is 1.47. The van der Waals surface area contributed by atoms with Gasteiger partial charge in [-0.2, -0.15) is 0 Å². The Hall–Kier alpha value is -0.0800. The van der Waals surface area contributed by atoms with Gasteiger partial charge in [0.1, 0.15) is 0 Å². The van der Waals surface area contributed by atoms with Crippen LogP contribution < -0.4 is 5.32 Å². The van der Waals surface area contributed by atoms with Crippen molar-refractivity contribution in [1.82, 2.24) is 5.32 Å². The summed E-state index contributed by atoms with van der Waals surface area (Å²) >= 11 is 0. The van der Waals surface area contributed by atoms with Gasteiger partial charge in [0.05, 0.1) is 12.2 Å². The highest BCUT2D eigenvalue weighted by Crippen LogP contribution is 2.34. The maximum atomic E-state index is 6.29. The van der Waals surface area contributed by atoms with Crippen LogP contribution in [0.4, 0.5) is 0 Å². The molecule has 0 bridgehead atoms. The van der Waals surface area contributed by atoms with Crippen LogP contribution in [0.1, 0.15) is 51.4 Å². The number of rotatable bonds is 3. The number of ether oxygens (including phenoxy) is 1. The first kappa shape index (κ1) is 11.0. The lowest BCUT2D eigenvalue weighted by Gasteiger charge is -2.40. The first-order valence-electron chi connectivity index (χ1n) is 7.28. The normalized spacial score (nSPS) is 37.5. The minimum absolute atomic E-state index is 0.516. The highest BCUT2D eigenvalue weighted by Gasteiger charge is 2.33. The van der Waals surface area contributed by atoms with E-state index < -0.39 is 0 Å². The number of nitrogens with one attached hydrogen (secondary N) is 1. The van der Waals surface area contributed by atoms with Crippen molar-refractivity contribution < 1.29 is 4.74 Å². The lowest BCUT2D eigenvalue weighted by atomic mass is 9.80. The lowest BCUT2D eigenvalue weighted by Crippen LogP contribution is -2.49. The van der Waals surface area contributed by atoms with Crippen LogP contribution in [0.5, 0.6) is 0 Å². The zero-order valence-electron chi connectivity index (χ0n) is 10.3. The van der Waals surface area contributed by atoms with Gasteiger partial charge in [0.15, 0.2) is 0 Å². The standard InChI is InChI=1S/C14H25NO/c1-2-5-11(4-1)8-13-9-15-10-14(16-13)12-6-3-7-12/h11-15H,1-10H2. The molecular weight excluding hydrogens is 198 g/mol. The summed E-state index contributed by atoms with van der Waals surface area (Å²) in [5, 5.41) is 3.58. The van der Waals surface area contributed by atoms with Crippen LogP contribution in [0.2, 0.25) is 0 Å². The van der Waals surface area contributed by atoms with Gasteiger partial charge in [-0.3, -0.25) is 0 Å². The van der Waals surface area contributed by atoms with E-state index in [0.717, 1.165) is 24.9 Å². The van der Waals surface area contributed by atoms with E-state index in [4.69, 9.17) is 4.74 Å². The molecule has 3 aliphatic rings. The number of morpholine rings is 1. The van der Waals surface area contributed by atoms with Gasteiger partial charge in [0, 0.05) is 13.1 Å². The predicted molar refractivity (Wildman–Crippen MR) is 65.4 cm³/mol. The van der Waals surface area contributed by atoms with Gasteiger partial charge < -0.3 is 10.1 Å². The monoisotopic (exact) mass is 223 g/mol. The molecule has 2 nitrogen and oxygen atoms in total. The second-order valence-electron chi connectivity index (χ2n) is 6.03. The molecule has 0 spiro atoms. The van der Waals surface area contributed by atoms with Crippen molar-refractivity contribution in [3.63, 3.8) is 0 Å². The summed E-state index contributed by atoms with van der Waals surface area (Å²) in [7, 11) is 0. The maximum absolute atomic E-state index is 6.29. The van der Waals surface area contributed by atoms with Crippen LogP contribution in [-0.2, 0) is 4.74 Å². The highest BCUT2D eigenvalue weighted by molar-refractivity contribution is 4.85. The van der Waals surface area contributed by atoms with Crippen molar-refractivity contribution in [1.29, 1.82) is 0 Å². The summed E-state index contributed by atoms with van der Waals surface area (Å²) in [5.41, 5.74) is 0. The van der Waals surface area contributed by atoms with Crippen LogP contribution in [0.3, 0.4) is 0 Å². The molecule has 92 valence electrons. The first-order chi connectivity index (χ1) is 7.92. The van der Waals surface area contributed by atoms with Crippen molar-refractivity contribution in [3.05, 3.63) is 0 Å². The van der Waals surface area contributed by atoms with E-state index in [0.29, 0.717) is 12.2 Å². The molecule has 0 radical (unpaired) electrons. The Bertz CT molecular complexity index is 221. The van der Waals surface area contributed by atoms with E-state index in [1.165, 1.54) is 51.4 Å². The van der Waals surface area contributed by atoms with Gasteiger partial charge in [-0.05, 0) is 31.1 Å². The third-order valence-electron chi connectivity index (χ3n) is 4.83. The zero-order chi connectivity index (χ0) is 10.8. The van der Waals surface area contributed by atoms with Crippen LogP contribution in [0, 0.1) is 11.8 Å². The largest absolute Gasteiger partial charge is 0.372 e. The average Bonchev–Trinajstić information content (AvgIpc) is 2.68. The van der Waals surface area contributed by atoms with Gasteiger partial charge in [0.2, 0.25) is 0 Å². The Labute approximate surface area is 99.1 Å². The molecule has 1 N–H and O–H groups in total. The van der Waals surface area contributed by atoms with E-state index in [1.807, 2.05) is 0 Å². The van der Waals surface area contributed by atoms with Crippen molar-refractivity contribution in [3.8, 4) is 0 Å². The van der Waals surface area contributed by atoms with Crippen molar-refractivity contribution in [2.75, 3.05) is 13.1 Å². The summed E-state index contributed by atoms with van der Waals surface area (Å²) in [5.74, 6) is 1.84. The topological polar surface area (TPSA) is 21.3 Å². The van der Waals surface area contributed by atoms with Gasteiger partial charge in [-0.15, -0.1) is 0 Å². The van der Waals surface area contributed by atoms with Gasteiger partial charge >= 0.3 is 0 Å². The average molecular weight is 223 g/mol. The molecule has 1 aliphatic heterocycles. The third kappa shape index (κ3) is 2.43. The van der Waals surface area contributed by atoms with Crippen LogP contribution in [0.25, 0.3) is 0 Å². The Morgan fingerprint density at radius 1 is 0.938 bits per heavy atom. The number of hydrogen-bond donors (Lipinski definition) is 1.